The maximum atomic E-state index is 5.34. The third-order valence-electron chi connectivity index (χ3n) is 1.39. The molecular weight excluding hydrogens is 123 g/mol. The summed E-state index contributed by atoms with van der Waals surface area (Å²) in [6.45, 7) is 2.73. The molecule has 52 valence electrons. The van der Waals surface area contributed by atoms with E-state index in [0.717, 1.165) is 12.4 Å². The predicted octanol–water partition coefficient (Wildman–Crippen LogP) is 0.344. The first-order chi connectivity index (χ1) is 4.84. The summed E-state index contributed by atoms with van der Waals surface area (Å²) >= 11 is 0. The molecule has 0 saturated carbocycles. The van der Waals surface area contributed by atoms with Gasteiger partial charge in [-0.15, -0.1) is 0 Å². The van der Waals surface area contributed by atoms with Crippen LogP contribution in [0.2, 0.25) is 0 Å². The molecule has 0 heterocycles. The molecule has 0 aliphatic rings. The van der Waals surface area contributed by atoms with E-state index >= 15 is 0 Å². The quantitative estimate of drug-likeness (QED) is 0.530. The molecule has 1 aromatic carbocycles. The molecule has 1 nitrogen and oxygen atoms in total. The van der Waals surface area contributed by atoms with Gasteiger partial charge in [-0.25, -0.2) is 0 Å². The van der Waals surface area contributed by atoms with Gasteiger partial charge in [-0.3, -0.25) is 0 Å². The number of hydrogen-bond donors (Lipinski definition) is 0. The van der Waals surface area contributed by atoms with Crippen LogP contribution in [-0.4, -0.2) is 14.5 Å². The Morgan fingerprint density at radius 3 is 2.70 bits per heavy atom. The van der Waals surface area contributed by atoms with E-state index in [1.807, 2.05) is 39.0 Å². The van der Waals surface area contributed by atoms with Crippen molar-refractivity contribution in [2.75, 3.05) is 6.61 Å². The lowest BCUT2D eigenvalue weighted by Gasteiger charge is -2.04. The smallest absolute Gasteiger partial charge is 0.144 e. The van der Waals surface area contributed by atoms with Gasteiger partial charge in [0.05, 0.1) is 6.61 Å². The second-order valence-corrected chi connectivity index (χ2v) is 2.20. The second kappa shape index (κ2) is 3.30. The highest BCUT2D eigenvalue weighted by Crippen LogP contribution is 2.03. The van der Waals surface area contributed by atoms with E-state index in [9.17, 15) is 0 Å². The molecule has 2 heteroatoms. The zero-order chi connectivity index (χ0) is 7.40. The van der Waals surface area contributed by atoms with Gasteiger partial charge < -0.3 is 4.74 Å². The van der Waals surface area contributed by atoms with Crippen LogP contribution in [0.25, 0.3) is 0 Å². The zero-order valence-corrected chi connectivity index (χ0v) is 6.42. The maximum Gasteiger partial charge on any atom is 0.144 e. The van der Waals surface area contributed by atoms with Crippen LogP contribution in [0.1, 0.15) is 6.92 Å². The average molecular weight is 134 g/mol. The molecular formula is C8H11BO. The summed E-state index contributed by atoms with van der Waals surface area (Å²) in [7, 11) is 2.05. The standard InChI is InChI=1S/C8H11BO/c1-2-10-8-6-4-3-5-7(8)9/h3-6H,2,9H2,1H3. The molecule has 0 saturated heterocycles. The molecule has 0 aliphatic heterocycles. The largest absolute Gasteiger partial charge is 0.494 e. The number of benzene rings is 1. The van der Waals surface area contributed by atoms with Crippen molar-refractivity contribution in [2.24, 2.45) is 0 Å². The third-order valence-corrected chi connectivity index (χ3v) is 1.39. The Balaban J connectivity index is 2.81. The van der Waals surface area contributed by atoms with Crippen LogP contribution < -0.4 is 10.2 Å². The molecule has 0 aliphatic carbocycles. The molecule has 0 fully saturated rings. The van der Waals surface area contributed by atoms with Crippen LogP contribution in [0.15, 0.2) is 24.3 Å². The number of ether oxygens (including phenoxy) is 1. The monoisotopic (exact) mass is 134 g/mol. The van der Waals surface area contributed by atoms with Crippen LogP contribution >= 0.6 is 0 Å². The topological polar surface area (TPSA) is 9.23 Å². The van der Waals surface area contributed by atoms with Crippen LogP contribution in [0, 0.1) is 0 Å². The SMILES string of the molecule is Bc1ccccc1OCC. The Hall–Kier alpha value is -0.915. The second-order valence-electron chi connectivity index (χ2n) is 2.20. The molecule has 0 unspecified atom stereocenters. The highest BCUT2D eigenvalue weighted by atomic mass is 16.5. The normalized spacial score (nSPS) is 9.30. The Labute approximate surface area is 62.4 Å². The third kappa shape index (κ3) is 1.53. The number of hydrogen-bond acceptors (Lipinski definition) is 1. The molecule has 0 atom stereocenters. The van der Waals surface area contributed by atoms with Crippen molar-refractivity contribution in [1.82, 2.24) is 0 Å². The fourth-order valence-corrected chi connectivity index (χ4v) is 0.874. The van der Waals surface area contributed by atoms with E-state index in [-0.39, 0.29) is 0 Å². The minimum absolute atomic E-state index is 0.741. The lowest BCUT2D eigenvalue weighted by molar-refractivity contribution is 0.343. The van der Waals surface area contributed by atoms with E-state index in [0.29, 0.717) is 0 Å². The Kier molecular flexibility index (Phi) is 2.38. The van der Waals surface area contributed by atoms with E-state index in [4.69, 9.17) is 4.74 Å². The van der Waals surface area contributed by atoms with Crippen molar-refractivity contribution in [2.45, 2.75) is 6.92 Å². The molecule has 0 spiro atoms. The van der Waals surface area contributed by atoms with E-state index in [1.54, 1.807) is 0 Å². The van der Waals surface area contributed by atoms with Crippen molar-refractivity contribution in [3.8, 4) is 5.75 Å². The molecule has 0 amide bonds. The Bertz CT molecular complexity index is 210. The van der Waals surface area contributed by atoms with Gasteiger partial charge in [0.1, 0.15) is 13.6 Å². The van der Waals surface area contributed by atoms with Crippen molar-refractivity contribution < 1.29 is 4.74 Å². The van der Waals surface area contributed by atoms with Gasteiger partial charge in [-0.1, -0.05) is 18.2 Å². The summed E-state index contributed by atoms with van der Waals surface area (Å²) in [6.07, 6.45) is 0. The number of rotatable bonds is 2. The molecule has 0 radical (unpaired) electrons. The zero-order valence-electron chi connectivity index (χ0n) is 6.42. The first kappa shape index (κ1) is 7.20. The van der Waals surface area contributed by atoms with Crippen molar-refractivity contribution in [3.63, 3.8) is 0 Å². The van der Waals surface area contributed by atoms with Crippen LogP contribution in [0.4, 0.5) is 0 Å². The van der Waals surface area contributed by atoms with E-state index < -0.39 is 0 Å². The van der Waals surface area contributed by atoms with Gasteiger partial charge in [0.25, 0.3) is 0 Å². The molecule has 0 bridgehead atoms. The van der Waals surface area contributed by atoms with Gasteiger partial charge in [-0.2, -0.15) is 0 Å². The minimum atomic E-state index is 0.741. The summed E-state index contributed by atoms with van der Waals surface area (Å²) in [5.41, 5.74) is 1.20. The van der Waals surface area contributed by atoms with Gasteiger partial charge in [-0.05, 0) is 18.5 Å². The number of para-hydroxylation sites is 1. The lowest BCUT2D eigenvalue weighted by atomic mass is 9.95. The van der Waals surface area contributed by atoms with Gasteiger partial charge in [0.2, 0.25) is 0 Å². The lowest BCUT2D eigenvalue weighted by Crippen LogP contribution is -2.07. The first-order valence-corrected chi connectivity index (χ1v) is 3.53. The Morgan fingerprint density at radius 1 is 1.40 bits per heavy atom. The summed E-state index contributed by atoms with van der Waals surface area (Å²) in [4.78, 5) is 0. The van der Waals surface area contributed by atoms with Crippen molar-refractivity contribution >= 4 is 13.3 Å². The first-order valence-electron chi connectivity index (χ1n) is 3.53. The Morgan fingerprint density at radius 2 is 2.10 bits per heavy atom. The summed E-state index contributed by atoms with van der Waals surface area (Å²) in [6, 6.07) is 8.03. The maximum absolute atomic E-state index is 5.34. The summed E-state index contributed by atoms with van der Waals surface area (Å²) in [5, 5.41) is 0. The minimum Gasteiger partial charge on any atom is -0.494 e. The summed E-state index contributed by atoms with van der Waals surface area (Å²) < 4.78 is 5.34. The molecule has 0 aromatic heterocycles. The summed E-state index contributed by atoms with van der Waals surface area (Å²) in [5.74, 6) is 0.991. The van der Waals surface area contributed by atoms with Crippen LogP contribution in [-0.2, 0) is 0 Å². The molecule has 10 heavy (non-hydrogen) atoms. The van der Waals surface area contributed by atoms with Crippen molar-refractivity contribution in [1.29, 1.82) is 0 Å². The van der Waals surface area contributed by atoms with E-state index in [1.165, 1.54) is 5.46 Å². The highest BCUT2D eigenvalue weighted by molar-refractivity contribution is 6.34. The predicted molar refractivity (Wildman–Crippen MR) is 45.8 cm³/mol. The van der Waals surface area contributed by atoms with E-state index in [2.05, 4.69) is 0 Å². The van der Waals surface area contributed by atoms with Crippen molar-refractivity contribution in [3.05, 3.63) is 24.3 Å². The van der Waals surface area contributed by atoms with Crippen LogP contribution in [0.5, 0.6) is 5.75 Å². The molecule has 0 N–H and O–H groups in total. The van der Waals surface area contributed by atoms with Gasteiger partial charge in [0.15, 0.2) is 0 Å². The average Bonchev–Trinajstić information content (AvgIpc) is 1.94. The molecule has 1 aromatic rings. The van der Waals surface area contributed by atoms with Crippen LogP contribution in [0.3, 0.4) is 0 Å². The van der Waals surface area contributed by atoms with Gasteiger partial charge in [0, 0.05) is 0 Å². The molecule has 1 rings (SSSR count). The highest BCUT2D eigenvalue weighted by Gasteiger charge is 1.92. The fourth-order valence-electron chi connectivity index (χ4n) is 0.874. The fraction of sp³-hybridized carbons (Fsp3) is 0.250. The van der Waals surface area contributed by atoms with Gasteiger partial charge >= 0.3 is 0 Å².